The van der Waals surface area contributed by atoms with Crippen LogP contribution in [-0.2, 0) is 0 Å². The number of pyridine rings is 1. The maximum Gasteiger partial charge on any atom is 0.154 e. The Morgan fingerprint density at radius 3 is 2.85 bits per heavy atom. The van der Waals surface area contributed by atoms with Gasteiger partial charge in [0.25, 0.3) is 0 Å². The Kier molecular flexibility index (Phi) is 6.52. The number of nitrogens with one attached hydrogen (secondary N) is 2. The maximum atomic E-state index is 6.31. The molecule has 7 heteroatoms. The minimum Gasteiger partial charge on any atom is -0.368 e. The van der Waals surface area contributed by atoms with Crippen LogP contribution in [0.5, 0.6) is 0 Å². The highest BCUT2D eigenvalue weighted by Crippen LogP contribution is 2.28. The number of benzene rings is 1. The maximum absolute atomic E-state index is 6.31. The number of aryl methyl sites for hydroxylation is 1. The molecule has 3 heterocycles. The summed E-state index contributed by atoms with van der Waals surface area (Å²) < 4.78 is 0. The van der Waals surface area contributed by atoms with E-state index in [4.69, 9.17) is 16.6 Å². The summed E-state index contributed by atoms with van der Waals surface area (Å²) >= 11 is 6.31. The molecular formula is C20H24ClN5S. The van der Waals surface area contributed by atoms with Crippen LogP contribution in [0.3, 0.4) is 0 Å². The second-order valence-corrected chi connectivity index (χ2v) is 7.24. The molecule has 0 bridgehead atoms. The average Bonchev–Trinajstić information content (AvgIpc) is 2.69. The molecule has 4 rings (SSSR count). The van der Waals surface area contributed by atoms with Crippen molar-refractivity contribution in [2.75, 3.05) is 25.0 Å². The number of halogens is 1. The molecule has 0 radical (unpaired) electrons. The molecule has 1 fully saturated rings. The fourth-order valence-corrected chi connectivity index (χ4v) is 3.52. The lowest BCUT2D eigenvalue weighted by atomic mass is 10.00. The quantitative estimate of drug-likeness (QED) is 0.686. The van der Waals surface area contributed by atoms with Crippen molar-refractivity contribution in [3.8, 4) is 11.3 Å². The first kappa shape index (κ1) is 19.9. The van der Waals surface area contributed by atoms with E-state index in [-0.39, 0.29) is 13.5 Å². The monoisotopic (exact) mass is 401 g/mol. The van der Waals surface area contributed by atoms with Gasteiger partial charge in [0.05, 0.1) is 11.2 Å². The Morgan fingerprint density at radius 2 is 2.07 bits per heavy atom. The van der Waals surface area contributed by atoms with Crippen molar-refractivity contribution in [2.45, 2.75) is 19.8 Å². The third-order valence-corrected chi connectivity index (χ3v) is 5.29. The highest BCUT2D eigenvalue weighted by molar-refractivity contribution is 7.59. The minimum absolute atomic E-state index is 0. The molecule has 0 spiro atoms. The van der Waals surface area contributed by atoms with Gasteiger partial charge in [0.1, 0.15) is 5.52 Å². The molecule has 1 atom stereocenters. The van der Waals surface area contributed by atoms with Gasteiger partial charge in [0.2, 0.25) is 0 Å². The molecule has 0 unspecified atom stereocenters. The van der Waals surface area contributed by atoms with Crippen molar-refractivity contribution in [2.24, 2.45) is 5.92 Å². The fraction of sp³-hybridized carbons (Fsp3) is 0.350. The van der Waals surface area contributed by atoms with Crippen molar-refractivity contribution in [1.82, 2.24) is 20.3 Å². The first-order valence-corrected chi connectivity index (χ1v) is 9.41. The van der Waals surface area contributed by atoms with Gasteiger partial charge in [-0.1, -0.05) is 23.7 Å². The zero-order chi connectivity index (χ0) is 17.9. The number of aromatic nitrogens is 3. The molecule has 0 saturated carbocycles. The van der Waals surface area contributed by atoms with Crippen LogP contribution in [0.25, 0.3) is 22.3 Å². The molecule has 1 aliphatic rings. The number of piperidine rings is 1. The molecule has 142 valence electrons. The van der Waals surface area contributed by atoms with E-state index in [2.05, 4.69) is 20.6 Å². The highest BCUT2D eigenvalue weighted by atomic mass is 35.5. The van der Waals surface area contributed by atoms with Gasteiger partial charge in [-0.3, -0.25) is 4.98 Å². The summed E-state index contributed by atoms with van der Waals surface area (Å²) in [6.07, 6.45) is 5.88. The zero-order valence-electron chi connectivity index (χ0n) is 15.3. The zero-order valence-corrected chi connectivity index (χ0v) is 17.1. The van der Waals surface area contributed by atoms with Gasteiger partial charge in [-0.25, -0.2) is 9.97 Å². The van der Waals surface area contributed by atoms with E-state index >= 15 is 0 Å². The number of hydrogen-bond donors (Lipinski definition) is 2. The minimum atomic E-state index is 0. The van der Waals surface area contributed by atoms with Gasteiger partial charge < -0.3 is 10.6 Å². The van der Waals surface area contributed by atoms with E-state index in [0.717, 1.165) is 58.3 Å². The van der Waals surface area contributed by atoms with Gasteiger partial charge in [-0.2, -0.15) is 13.5 Å². The number of fused-ring (bicyclic) bond motifs is 1. The van der Waals surface area contributed by atoms with Gasteiger partial charge in [-0.15, -0.1) is 0 Å². The Hall–Kier alpha value is -1.89. The lowest BCUT2D eigenvalue weighted by Crippen LogP contribution is -2.33. The first-order valence-electron chi connectivity index (χ1n) is 9.03. The van der Waals surface area contributed by atoms with Crippen molar-refractivity contribution in [3.63, 3.8) is 0 Å². The second kappa shape index (κ2) is 8.87. The summed E-state index contributed by atoms with van der Waals surface area (Å²) in [6.45, 7) is 5.04. The van der Waals surface area contributed by atoms with Gasteiger partial charge in [0, 0.05) is 29.5 Å². The lowest BCUT2D eigenvalue weighted by molar-refractivity contribution is 0.392. The summed E-state index contributed by atoms with van der Waals surface area (Å²) in [5.74, 6) is 1.39. The molecule has 1 saturated heterocycles. The molecule has 27 heavy (non-hydrogen) atoms. The summed E-state index contributed by atoms with van der Waals surface area (Å²) in [6, 6.07) is 7.98. The number of hydrogen-bond acceptors (Lipinski definition) is 5. The smallest absolute Gasteiger partial charge is 0.154 e. The topological polar surface area (TPSA) is 62.7 Å². The molecular weight excluding hydrogens is 378 g/mol. The Labute approximate surface area is 171 Å². The predicted molar refractivity (Wildman–Crippen MR) is 117 cm³/mol. The first-order chi connectivity index (χ1) is 12.7. The SMILES string of the molecule is Cc1ccc(-c2cc3nccnc3c(NC[C@H]3CCCNC3)n2)cc1Cl.S. The van der Waals surface area contributed by atoms with Crippen LogP contribution in [-0.4, -0.2) is 34.6 Å². The number of rotatable bonds is 4. The van der Waals surface area contributed by atoms with Crippen molar-refractivity contribution in [3.05, 3.63) is 47.2 Å². The Morgan fingerprint density at radius 1 is 1.22 bits per heavy atom. The standard InChI is InChI=1S/C20H22ClN5.H2S/c1-13-4-5-15(9-16(13)21)17-10-18-19(24-8-7-23-18)20(26-17)25-12-14-3-2-6-22-11-14;/h4-5,7-10,14,22H,2-3,6,11-12H2,1H3,(H,25,26);1H2/t14-;/m0./s1. The molecule has 1 aromatic carbocycles. The highest BCUT2D eigenvalue weighted by Gasteiger charge is 2.15. The lowest BCUT2D eigenvalue weighted by Gasteiger charge is -2.23. The Balaban J connectivity index is 0.00000210. The Bertz CT molecular complexity index is 927. The third-order valence-electron chi connectivity index (χ3n) is 4.88. The van der Waals surface area contributed by atoms with Crippen LogP contribution in [0, 0.1) is 12.8 Å². The molecule has 2 N–H and O–H groups in total. The summed E-state index contributed by atoms with van der Waals surface area (Å²) in [4.78, 5) is 13.8. The predicted octanol–water partition coefficient (Wildman–Crippen LogP) is 4.18. The van der Waals surface area contributed by atoms with E-state index in [1.807, 2.05) is 31.2 Å². The van der Waals surface area contributed by atoms with E-state index < -0.39 is 0 Å². The molecule has 0 aliphatic carbocycles. The van der Waals surface area contributed by atoms with E-state index in [9.17, 15) is 0 Å². The van der Waals surface area contributed by atoms with E-state index in [1.54, 1.807) is 12.4 Å². The average molecular weight is 402 g/mol. The van der Waals surface area contributed by atoms with Crippen LogP contribution < -0.4 is 10.6 Å². The molecule has 2 aromatic heterocycles. The van der Waals surface area contributed by atoms with Crippen molar-refractivity contribution < 1.29 is 0 Å². The van der Waals surface area contributed by atoms with Crippen LogP contribution in [0.15, 0.2) is 36.7 Å². The van der Waals surface area contributed by atoms with Crippen molar-refractivity contribution in [1.29, 1.82) is 0 Å². The fourth-order valence-electron chi connectivity index (χ4n) is 3.33. The van der Waals surface area contributed by atoms with Crippen molar-refractivity contribution >= 4 is 41.9 Å². The molecule has 3 aromatic rings. The number of anilines is 1. The normalized spacial score (nSPS) is 16.7. The summed E-state index contributed by atoms with van der Waals surface area (Å²) in [7, 11) is 0. The summed E-state index contributed by atoms with van der Waals surface area (Å²) in [5, 5.41) is 7.70. The third kappa shape index (κ3) is 4.51. The molecule has 1 aliphatic heterocycles. The van der Waals surface area contributed by atoms with Crippen LogP contribution >= 0.6 is 25.1 Å². The van der Waals surface area contributed by atoms with Crippen LogP contribution in [0.2, 0.25) is 5.02 Å². The van der Waals surface area contributed by atoms with Gasteiger partial charge in [-0.05, 0) is 56.5 Å². The summed E-state index contributed by atoms with van der Waals surface area (Å²) in [5.41, 5.74) is 4.52. The second-order valence-electron chi connectivity index (χ2n) is 6.84. The number of nitrogens with zero attached hydrogens (tertiary/aromatic N) is 3. The van der Waals surface area contributed by atoms with Crippen LogP contribution in [0.4, 0.5) is 5.82 Å². The van der Waals surface area contributed by atoms with E-state index in [0.29, 0.717) is 5.92 Å². The van der Waals surface area contributed by atoms with Crippen LogP contribution in [0.1, 0.15) is 18.4 Å². The largest absolute Gasteiger partial charge is 0.368 e. The molecule has 0 amide bonds. The van der Waals surface area contributed by atoms with Gasteiger partial charge >= 0.3 is 0 Å². The molecule has 5 nitrogen and oxygen atoms in total. The van der Waals surface area contributed by atoms with Gasteiger partial charge in [0.15, 0.2) is 5.82 Å². The van der Waals surface area contributed by atoms with E-state index in [1.165, 1.54) is 12.8 Å².